The minimum Gasteiger partial charge on any atom is -0.506 e. The van der Waals surface area contributed by atoms with Gasteiger partial charge in [-0.15, -0.1) is 0 Å². The van der Waals surface area contributed by atoms with Crippen molar-refractivity contribution in [1.82, 2.24) is 4.90 Å². The van der Waals surface area contributed by atoms with Crippen molar-refractivity contribution in [2.75, 3.05) is 30.7 Å². The number of amides is 1. The highest BCUT2D eigenvalue weighted by Crippen LogP contribution is 2.26. The zero-order valence-electron chi connectivity index (χ0n) is 17.7. The first-order valence-corrected chi connectivity index (χ1v) is 10.9. The van der Waals surface area contributed by atoms with Crippen molar-refractivity contribution in [1.29, 1.82) is 0 Å². The van der Waals surface area contributed by atoms with Crippen molar-refractivity contribution < 1.29 is 9.90 Å². The summed E-state index contributed by atoms with van der Waals surface area (Å²) in [4.78, 5) is 15.6. The van der Waals surface area contributed by atoms with Gasteiger partial charge in [-0.3, -0.25) is 4.79 Å². The summed E-state index contributed by atoms with van der Waals surface area (Å²) in [6.07, 6.45) is 4.63. The Labute approximate surface area is 183 Å². The van der Waals surface area contributed by atoms with Crippen molar-refractivity contribution in [3.8, 4) is 16.9 Å². The molecule has 0 saturated carbocycles. The molecule has 1 saturated heterocycles. The summed E-state index contributed by atoms with van der Waals surface area (Å²) in [7, 11) is 0. The van der Waals surface area contributed by atoms with E-state index in [1.165, 1.54) is 25.3 Å². The maximum Gasteiger partial charge on any atom is 0.255 e. The highest BCUT2D eigenvalue weighted by atomic mass is 16.3. The second-order valence-electron chi connectivity index (χ2n) is 8.12. The number of nitrogen functional groups attached to an aromatic ring is 1. The lowest BCUT2D eigenvalue weighted by atomic mass is 9.96. The Morgan fingerprint density at radius 1 is 0.935 bits per heavy atom. The van der Waals surface area contributed by atoms with Crippen molar-refractivity contribution in [3.63, 3.8) is 0 Å². The van der Waals surface area contributed by atoms with Gasteiger partial charge in [-0.1, -0.05) is 48.9 Å². The van der Waals surface area contributed by atoms with Gasteiger partial charge < -0.3 is 21.1 Å². The summed E-state index contributed by atoms with van der Waals surface area (Å²) in [5, 5.41) is 12.5. The molecule has 1 fully saturated rings. The number of hydrogen-bond donors (Lipinski definition) is 3. The minimum absolute atomic E-state index is 0.00688. The molecular weight excluding hydrogens is 386 g/mol. The number of likely N-dealkylation sites (tertiary alicyclic amines) is 1. The number of hydrogen-bond acceptors (Lipinski definition) is 4. The molecule has 0 spiro atoms. The van der Waals surface area contributed by atoms with Crippen molar-refractivity contribution >= 4 is 17.3 Å². The van der Waals surface area contributed by atoms with E-state index < -0.39 is 0 Å². The maximum absolute atomic E-state index is 13.1. The molecule has 1 amide bonds. The molecule has 4 rings (SSSR count). The Bertz CT molecular complexity index is 1040. The third-order valence-electron chi connectivity index (χ3n) is 5.89. The fourth-order valence-corrected chi connectivity index (χ4v) is 4.12. The number of rotatable bonds is 6. The molecule has 1 aliphatic heterocycles. The van der Waals surface area contributed by atoms with E-state index in [9.17, 15) is 9.90 Å². The number of nitrogens with two attached hydrogens (primary N) is 1. The summed E-state index contributed by atoms with van der Waals surface area (Å²) in [5.74, 6) is -0.161. The molecule has 1 aliphatic rings. The molecule has 0 atom stereocenters. The van der Waals surface area contributed by atoms with Gasteiger partial charge >= 0.3 is 0 Å². The number of nitrogens with one attached hydrogen (secondary N) is 1. The number of carbonyl (C=O) groups is 1. The second-order valence-corrected chi connectivity index (χ2v) is 8.12. The van der Waals surface area contributed by atoms with Gasteiger partial charge in [0.05, 0.1) is 5.69 Å². The lowest BCUT2D eigenvalue weighted by molar-refractivity contribution is 0.102. The van der Waals surface area contributed by atoms with Crippen LogP contribution in [0, 0.1) is 0 Å². The zero-order valence-corrected chi connectivity index (χ0v) is 17.7. The Kier molecular flexibility index (Phi) is 6.53. The normalized spacial score (nSPS) is 14.3. The number of piperidine rings is 1. The van der Waals surface area contributed by atoms with Crippen molar-refractivity contribution in [2.24, 2.45) is 0 Å². The van der Waals surface area contributed by atoms with E-state index in [1.807, 2.05) is 30.3 Å². The first kappa shape index (κ1) is 20.9. The second kappa shape index (κ2) is 9.67. The van der Waals surface area contributed by atoms with Crippen molar-refractivity contribution in [2.45, 2.75) is 25.7 Å². The van der Waals surface area contributed by atoms with Gasteiger partial charge in [0.1, 0.15) is 5.75 Å². The monoisotopic (exact) mass is 415 g/mol. The number of phenols is 1. The maximum atomic E-state index is 13.1. The van der Waals surface area contributed by atoms with E-state index in [2.05, 4.69) is 28.4 Å². The fraction of sp³-hybridized carbons (Fsp3) is 0.269. The molecule has 31 heavy (non-hydrogen) atoms. The van der Waals surface area contributed by atoms with Gasteiger partial charge in [0.15, 0.2) is 0 Å². The predicted octanol–water partition coefficient (Wildman–Crippen LogP) is 4.92. The quantitative estimate of drug-likeness (QED) is 0.303. The van der Waals surface area contributed by atoms with Crippen molar-refractivity contribution in [3.05, 3.63) is 77.9 Å². The molecule has 0 aromatic heterocycles. The molecule has 3 aromatic rings. The number of benzene rings is 3. The molecule has 4 N–H and O–H groups in total. The molecule has 0 unspecified atom stereocenters. The standard InChI is InChI=1S/C26H29N3O2/c27-24-18-22(10-12-25(24)30)28-26(31)23-11-9-20(19-7-3-1-4-8-19)17-21(23)13-16-29-14-5-2-6-15-29/h1,3-4,7-12,17-18,30H,2,5-6,13-16,27H2,(H,28,31). The van der Waals surface area contributed by atoms with Crippen LogP contribution in [0.2, 0.25) is 0 Å². The molecule has 0 bridgehead atoms. The Balaban J connectivity index is 1.59. The molecule has 1 heterocycles. The Morgan fingerprint density at radius 3 is 2.45 bits per heavy atom. The van der Waals surface area contributed by atoms with Crippen LogP contribution < -0.4 is 11.1 Å². The summed E-state index contributed by atoms with van der Waals surface area (Å²) >= 11 is 0. The molecule has 5 nitrogen and oxygen atoms in total. The highest BCUT2D eigenvalue weighted by Gasteiger charge is 2.16. The molecule has 0 aliphatic carbocycles. The summed E-state index contributed by atoms with van der Waals surface area (Å²) in [6, 6.07) is 21.0. The van der Waals surface area contributed by atoms with E-state index in [-0.39, 0.29) is 17.3 Å². The predicted molar refractivity (Wildman–Crippen MR) is 126 cm³/mol. The van der Waals surface area contributed by atoms with Crippen LogP contribution in [0.3, 0.4) is 0 Å². The lowest BCUT2D eigenvalue weighted by Gasteiger charge is -2.26. The molecule has 3 aromatic carbocycles. The molecule has 5 heteroatoms. The van der Waals surface area contributed by atoms with Crippen LogP contribution in [0.15, 0.2) is 66.7 Å². The number of aromatic hydroxyl groups is 1. The van der Waals surface area contributed by atoms with E-state index in [4.69, 9.17) is 5.73 Å². The van der Waals surface area contributed by atoms with Gasteiger partial charge in [0.2, 0.25) is 0 Å². The topological polar surface area (TPSA) is 78.6 Å². The van der Waals surface area contributed by atoms with Gasteiger partial charge in [0, 0.05) is 17.8 Å². The van der Waals surface area contributed by atoms with E-state index >= 15 is 0 Å². The van der Waals surface area contributed by atoms with Gasteiger partial charge in [-0.05, 0) is 73.3 Å². The van der Waals surface area contributed by atoms with Crippen LogP contribution in [0.4, 0.5) is 11.4 Å². The van der Waals surface area contributed by atoms with Gasteiger partial charge in [-0.2, -0.15) is 0 Å². The zero-order chi connectivity index (χ0) is 21.6. The smallest absolute Gasteiger partial charge is 0.255 e. The largest absolute Gasteiger partial charge is 0.506 e. The Morgan fingerprint density at radius 2 is 1.71 bits per heavy atom. The Hall–Kier alpha value is -3.31. The van der Waals surface area contributed by atoms with Gasteiger partial charge in [-0.25, -0.2) is 0 Å². The van der Waals surface area contributed by atoms with Crippen LogP contribution in [0.5, 0.6) is 5.75 Å². The first-order chi connectivity index (χ1) is 15.1. The van der Waals surface area contributed by atoms with Crippen LogP contribution in [-0.4, -0.2) is 35.5 Å². The highest BCUT2D eigenvalue weighted by molar-refractivity contribution is 6.06. The number of anilines is 2. The summed E-state index contributed by atoms with van der Waals surface area (Å²) in [6.45, 7) is 3.21. The fourth-order valence-electron chi connectivity index (χ4n) is 4.12. The van der Waals surface area contributed by atoms with E-state index in [1.54, 1.807) is 12.1 Å². The minimum atomic E-state index is -0.168. The molecular formula is C26H29N3O2. The third kappa shape index (κ3) is 5.25. The van der Waals surface area contributed by atoms with E-state index in [0.29, 0.717) is 11.3 Å². The summed E-state index contributed by atoms with van der Waals surface area (Å²) < 4.78 is 0. The van der Waals surface area contributed by atoms with Crippen LogP contribution in [0.25, 0.3) is 11.1 Å². The van der Waals surface area contributed by atoms with E-state index in [0.717, 1.165) is 42.7 Å². The average Bonchev–Trinajstić information content (AvgIpc) is 2.81. The summed E-state index contributed by atoms with van der Waals surface area (Å²) in [5.41, 5.74) is 10.5. The lowest BCUT2D eigenvalue weighted by Crippen LogP contribution is -2.31. The number of nitrogens with zero attached hydrogens (tertiary/aromatic N) is 1. The number of carbonyl (C=O) groups excluding carboxylic acids is 1. The molecule has 0 radical (unpaired) electrons. The van der Waals surface area contributed by atoms with Crippen LogP contribution in [-0.2, 0) is 6.42 Å². The third-order valence-corrected chi connectivity index (χ3v) is 5.89. The average molecular weight is 416 g/mol. The molecule has 160 valence electrons. The number of phenolic OH excluding ortho intramolecular Hbond substituents is 1. The van der Waals surface area contributed by atoms with Crippen LogP contribution in [0.1, 0.15) is 35.2 Å². The van der Waals surface area contributed by atoms with Crippen LogP contribution >= 0.6 is 0 Å². The SMILES string of the molecule is Nc1cc(NC(=O)c2ccc(-c3ccccc3)cc2CCN2CCCCC2)ccc1O. The van der Waals surface area contributed by atoms with Gasteiger partial charge in [0.25, 0.3) is 5.91 Å². The first-order valence-electron chi connectivity index (χ1n) is 10.9.